The molecule has 0 fully saturated rings. The molecular formula is C12H12ClN3O2. The first kappa shape index (κ1) is 12.6. The fourth-order valence-electron chi connectivity index (χ4n) is 1.73. The van der Waals surface area contributed by atoms with Crippen molar-refractivity contribution in [3.63, 3.8) is 0 Å². The van der Waals surface area contributed by atoms with Crippen LogP contribution in [0.15, 0.2) is 18.2 Å². The molecule has 1 aromatic heterocycles. The number of carboxylic acids is 1. The summed E-state index contributed by atoms with van der Waals surface area (Å²) in [4.78, 5) is 14.9. The topological polar surface area (TPSA) is 68.0 Å². The quantitative estimate of drug-likeness (QED) is 0.926. The maximum Gasteiger partial charge on any atom is 0.375 e. The Morgan fingerprint density at radius 2 is 2.22 bits per heavy atom. The molecule has 1 aromatic carbocycles. The standard InChI is InChI=1S/C12H12ClN3O2/c1-3-9-14-11(12(17)18)15-16(9)10-7(2)5-4-6-8(10)13/h4-6H,3H2,1-2H3,(H,17,18). The number of hydrogen-bond donors (Lipinski definition) is 1. The molecule has 0 radical (unpaired) electrons. The predicted octanol–water partition coefficient (Wildman–Crippen LogP) is 2.49. The summed E-state index contributed by atoms with van der Waals surface area (Å²) in [7, 11) is 0. The minimum Gasteiger partial charge on any atom is -0.475 e. The number of aromatic carboxylic acids is 1. The van der Waals surface area contributed by atoms with Crippen molar-refractivity contribution in [2.75, 3.05) is 0 Å². The van der Waals surface area contributed by atoms with Gasteiger partial charge in [0, 0.05) is 6.42 Å². The number of para-hydroxylation sites is 1. The van der Waals surface area contributed by atoms with Gasteiger partial charge in [0.15, 0.2) is 0 Å². The molecule has 6 heteroatoms. The minimum absolute atomic E-state index is 0.217. The van der Waals surface area contributed by atoms with Gasteiger partial charge in [-0.1, -0.05) is 30.7 Å². The van der Waals surface area contributed by atoms with E-state index in [4.69, 9.17) is 16.7 Å². The third kappa shape index (κ3) is 2.09. The van der Waals surface area contributed by atoms with Crippen molar-refractivity contribution in [1.29, 1.82) is 0 Å². The Balaban J connectivity index is 2.66. The summed E-state index contributed by atoms with van der Waals surface area (Å²) >= 11 is 6.15. The van der Waals surface area contributed by atoms with Gasteiger partial charge in [0.1, 0.15) is 5.82 Å². The molecule has 0 aliphatic heterocycles. The van der Waals surface area contributed by atoms with Gasteiger partial charge in [0.25, 0.3) is 5.82 Å². The number of rotatable bonds is 3. The molecule has 0 aliphatic rings. The van der Waals surface area contributed by atoms with Crippen LogP contribution in [0, 0.1) is 6.92 Å². The number of hydrogen-bond acceptors (Lipinski definition) is 3. The molecule has 94 valence electrons. The fourth-order valence-corrected chi connectivity index (χ4v) is 2.04. The van der Waals surface area contributed by atoms with Crippen molar-refractivity contribution in [1.82, 2.24) is 14.8 Å². The van der Waals surface area contributed by atoms with Crippen LogP contribution >= 0.6 is 11.6 Å². The fraction of sp³-hybridized carbons (Fsp3) is 0.250. The molecule has 2 rings (SSSR count). The van der Waals surface area contributed by atoms with Crippen molar-refractivity contribution in [3.05, 3.63) is 40.4 Å². The summed E-state index contributed by atoms with van der Waals surface area (Å²) in [5, 5.41) is 13.4. The van der Waals surface area contributed by atoms with Crippen LogP contribution in [0.5, 0.6) is 0 Å². The average Bonchev–Trinajstić information content (AvgIpc) is 2.73. The van der Waals surface area contributed by atoms with E-state index in [1.165, 1.54) is 4.68 Å². The number of halogens is 1. The lowest BCUT2D eigenvalue weighted by Crippen LogP contribution is -2.05. The Morgan fingerprint density at radius 1 is 1.50 bits per heavy atom. The largest absolute Gasteiger partial charge is 0.475 e. The highest BCUT2D eigenvalue weighted by molar-refractivity contribution is 6.32. The number of carbonyl (C=O) groups is 1. The van der Waals surface area contributed by atoms with Crippen LogP contribution in [0.1, 0.15) is 28.9 Å². The summed E-state index contributed by atoms with van der Waals surface area (Å²) in [6.07, 6.45) is 0.574. The highest BCUT2D eigenvalue weighted by atomic mass is 35.5. The second-order valence-corrected chi connectivity index (χ2v) is 4.23. The Hall–Kier alpha value is -1.88. The number of carboxylic acid groups (broad SMARTS) is 1. The lowest BCUT2D eigenvalue weighted by molar-refractivity contribution is 0.0683. The molecule has 0 saturated heterocycles. The molecule has 0 bridgehead atoms. The lowest BCUT2D eigenvalue weighted by atomic mass is 10.2. The number of benzene rings is 1. The van der Waals surface area contributed by atoms with Crippen molar-refractivity contribution >= 4 is 17.6 Å². The van der Waals surface area contributed by atoms with Crippen LogP contribution in [-0.2, 0) is 6.42 Å². The molecule has 2 aromatic rings. The van der Waals surface area contributed by atoms with Crippen LogP contribution < -0.4 is 0 Å². The van der Waals surface area contributed by atoms with E-state index in [-0.39, 0.29) is 5.82 Å². The highest BCUT2D eigenvalue weighted by Crippen LogP contribution is 2.24. The molecule has 0 unspecified atom stereocenters. The molecule has 1 N–H and O–H groups in total. The Labute approximate surface area is 109 Å². The number of nitrogens with zero attached hydrogens (tertiary/aromatic N) is 3. The van der Waals surface area contributed by atoms with Crippen molar-refractivity contribution in [2.24, 2.45) is 0 Å². The van der Waals surface area contributed by atoms with Crippen LogP contribution in [0.25, 0.3) is 5.69 Å². The van der Waals surface area contributed by atoms with E-state index in [1.54, 1.807) is 6.07 Å². The van der Waals surface area contributed by atoms with Gasteiger partial charge in [-0.15, -0.1) is 5.10 Å². The summed E-state index contributed by atoms with van der Waals surface area (Å²) in [6, 6.07) is 5.47. The van der Waals surface area contributed by atoms with Crippen molar-refractivity contribution in [3.8, 4) is 5.69 Å². The van der Waals surface area contributed by atoms with E-state index in [0.29, 0.717) is 23.0 Å². The third-order valence-electron chi connectivity index (χ3n) is 2.58. The number of aromatic nitrogens is 3. The Morgan fingerprint density at radius 3 is 2.78 bits per heavy atom. The molecule has 18 heavy (non-hydrogen) atoms. The lowest BCUT2D eigenvalue weighted by Gasteiger charge is -2.09. The number of aryl methyl sites for hydroxylation is 2. The van der Waals surface area contributed by atoms with Crippen molar-refractivity contribution in [2.45, 2.75) is 20.3 Å². The van der Waals surface area contributed by atoms with E-state index >= 15 is 0 Å². The van der Waals surface area contributed by atoms with E-state index in [0.717, 1.165) is 5.56 Å². The maximum absolute atomic E-state index is 10.9. The molecule has 0 aliphatic carbocycles. The van der Waals surface area contributed by atoms with E-state index in [2.05, 4.69) is 10.1 Å². The molecule has 0 atom stereocenters. The normalized spacial score (nSPS) is 10.6. The van der Waals surface area contributed by atoms with Crippen LogP contribution in [-0.4, -0.2) is 25.8 Å². The summed E-state index contributed by atoms with van der Waals surface area (Å²) in [6.45, 7) is 3.78. The molecule has 5 nitrogen and oxygen atoms in total. The van der Waals surface area contributed by atoms with E-state index in [9.17, 15) is 4.79 Å². The average molecular weight is 266 g/mol. The Bertz CT molecular complexity index is 587. The van der Waals surface area contributed by atoms with Gasteiger partial charge in [-0.25, -0.2) is 14.5 Å². The highest BCUT2D eigenvalue weighted by Gasteiger charge is 2.17. The monoisotopic (exact) mass is 265 g/mol. The Kier molecular flexibility index (Phi) is 3.34. The minimum atomic E-state index is -1.15. The smallest absolute Gasteiger partial charge is 0.375 e. The zero-order valence-electron chi connectivity index (χ0n) is 10.0. The predicted molar refractivity (Wildman–Crippen MR) is 67.4 cm³/mol. The SMILES string of the molecule is CCc1nc(C(=O)O)nn1-c1c(C)cccc1Cl. The zero-order chi connectivity index (χ0) is 13.3. The molecule has 0 saturated carbocycles. The third-order valence-corrected chi connectivity index (χ3v) is 2.89. The molecule has 0 amide bonds. The summed E-state index contributed by atoms with van der Waals surface area (Å²) < 4.78 is 1.50. The molecule has 1 heterocycles. The first-order valence-electron chi connectivity index (χ1n) is 5.49. The zero-order valence-corrected chi connectivity index (χ0v) is 10.8. The molecular weight excluding hydrogens is 254 g/mol. The first-order valence-corrected chi connectivity index (χ1v) is 5.87. The summed E-state index contributed by atoms with van der Waals surface area (Å²) in [5.41, 5.74) is 1.59. The maximum atomic E-state index is 10.9. The second kappa shape index (κ2) is 4.78. The van der Waals surface area contributed by atoms with Crippen LogP contribution in [0.3, 0.4) is 0 Å². The summed E-state index contributed by atoms with van der Waals surface area (Å²) in [5.74, 6) is -0.789. The van der Waals surface area contributed by atoms with Gasteiger partial charge in [-0.3, -0.25) is 0 Å². The first-order chi connectivity index (χ1) is 8.54. The van der Waals surface area contributed by atoms with Gasteiger partial charge in [0.2, 0.25) is 0 Å². The van der Waals surface area contributed by atoms with E-state index < -0.39 is 5.97 Å². The van der Waals surface area contributed by atoms with Crippen LogP contribution in [0.2, 0.25) is 5.02 Å². The van der Waals surface area contributed by atoms with Gasteiger partial charge in [0.05, 0.1) is 10.7 Å². The van der Waals surface area contributed by atoms with Crippen LogP contribution in [0.4, 0.5) is 0 Å². The van der Waals surface area contributed by atoms with Gasteiger partial charge < -0.3 is 5.11 Å². The van der Waals surface area contributed by atoms with Gasteiger partial charge in [-0.2, -0.15) is 0 Å². The van der Waals surface area contributed by atoms with E-state index in [1.807, 2.05) is 26.0 Å². The van der Waals surface area contributed by atoms with Gasteiger partial charge >= 0.3 is 5.97 Å². The second-order valence-electron chi connectivity index (χ2n) is 3.83. The molecule has 0 spiro atoms. The van der Waals surface area contributed by atoms with Gasteiger partial charge in [-0.05, 0) is 18.6 Å². The van der Waals surface area contributed by atoms with Crippen molar-refractivity contribution < 1.29 is 9.90 Å².